The van der Waals surface area contributed by atoms with Gasteiger partial charge in [-0.15, -0.1) is 0 Å². The first-order valence-electron chi connectivity index (χ1n) is 5.55. The molecule has 1 aromatic carbocycles. The average Bonchev–Trinajstić information content (AvgIpc) is 2.55. The summed E-state index contributed by atoms with van der Waals surface area (Å²) in [4.78, 5) is 11.9. The number of hydrogen-bond donors (Lipinski definition) is 0. The van der Waals surface area contributed by atoms with Gasteiger partial charge in [0.1, 0.15) is 17.5 Å². The molecule has 19 heavy (non-hydrogen) atoms. The van der Waals surface area contributed by atoms with Crippen molar-refractivity contribution in [1.82, 2.24) is 9.78 Å². The fourth-order valence-corrected chi connectivity index (χ4v) is 1.89. The van der Waals surface area contributed by atoms with Gasteiger partial charge in [0.2, 0.25) is 0 Å². The first kappa shape index (κ1) is 13.3. The maximum atomic E-state index is 13.4. The molecule has 0 unspecified atom stereocenters. The van der Waals surface area contributed by atoms with Gasteiger partial charge in [-0.3, -0.25) is 9.48 Å². The van der Waals surface area contributed by atoms with Crippen molar-refractivity contribution in [2.24, 2.45) is 7.05 Å². The van der Waals surface area contributed by atoms with Crippen LogP contribution in [0.15, 0.2) is 18.2 Å². The Labute approximate surface area is 107 Å². The second-order valence-corrected chi connectivity index (χ2v) is 4.25. The summed E-state index contributed by atoms with van der Waals surface area (Å²) in [6.07, 6.45) is -0.198. The van der Waals surface area contributed by atoms with Crippen molar-refractivity contribution in [3.63, 3.8) is 0 Å². The number of halogens is 3. The number of aryl methyl sites for hydroxylation is 2. The third kappa shape index (κ3) is 2.67. The first-order valence-corrected chi connectivity index (χ1v) is 5.55. The van der Waals surface area contributed by atoms with Gasteiger partial charge in [-0.1, -0.05) is 0 Å². The topological polar surface area (TPSA) is 34.9 Å². The van der Waals surface area contributed by atoms with Crippen LogP contribution < -0.4 is 0 Å². The molecule has 0 radical (unpaired) electrons. The first-order chi connectivity index (χ1) is 8.88. The van der Waals surface area contributed by atoms with Crippen LogP contribution in [0.25, 0.3) is 0 Å². The summed E-state index contributed by atoms with van der Waals surface area (Å²) in [5.41, 5.74) is 0.510. The summed E-state index contributed by atoms with van der Waals surface area (Å²) in [6.45, 7) is 1.74. The lowest BCUT2D eigenvalue weighted by Gasteiger charge is -2.05. The minimum atomic E-state index is -1.19. The van der Waals surface area contributed by atoms with E-state index in [1.165, 1.54) is 4.68 Å². The van der Waals surface area contributed by atoms with Crippen LogP contribution in [0, 0.1) is 24.4 Å². The van der Waals surface area contributed by atoms with Crippen LogP contribution in [0.2, 0.25) is 0 Å². The minimum Gasteiger partial charge on any atom is -0.294 e. The zero-order valence-corrected chi connectivity index (χ0v) is 10.4. The van der Waals surface area contributed by atoms with E-state index in [1.807, 2.05) is 0 Å². The molecule has 2 rings (SSSR count). The molecule has 0 amide bonds. The smallest absolute Gasteiger partial charge is 0.174 e. The largest absolute Gasteiger partial charge is 0.294 e. The number of ketones is 1. The second-order valence-electron chi connectivity index (χ2n) is 4.25. The molecule has 1 aromatic heterocycles. The van der Waals surface area contributed by atoms with Crippen molar-refractivity contribution in [2.45, 2.75) is 13.3 Å². The number of nitrogens with zero attached hydrogens (tertiary/aromatic N) is 2. The van der Waals surface area contributed by atoms with Crippen molar-refractivity contribution in [3.8, 4) is 0 Å². The Bertz CT molecular complexity index is 626. The molecule has 3 nitrogen and oxygen atoms in total. The van der Waals surface area contributed by atoms with E-state index in [1.54, 1.807) is 20.0 Å². The molecule has 0 aliphatic carbocycles. The number of hydrogen-bond acceptors (Lipinski definition) is 2. The molecule has 0 fully saturated rings. The Hall–Kier alpha value is -2.11. The Morgan fingerprint density at radius 2 is 1.79 bits per heavy atom. The molecule has 100 valence electrons. The van der Waals surface area contributed by atoms with Crippen LogP contribution in [-0.4, -0.2) is 15.6 Å². The fourth-order valence-electron chi connectivity index (χ4n) is 1.89. The summed E-state index contributed by atoms with van der Waals surface area (Å²) < 4.78 is 41.1. The van der Waals surface area contributed by atoms with Crippen LogP contribution >= 0.6 is 0 Å². The highest BCUT2D eigenvalue weighted by Gasteiger charge is 2.20. The fraction of sp³-hybridized carbons (Fsp3) is 0.231. The predicted octanol–water partition coefficient (Wildman–Crippen LogP) is 2.57. The summed E-state index contributed by atoms with van der Waals surface area (Å²) >= 11 is 0. The van der Waals surface area contributed by atoms with Crippen molar-refractivity contribution in [1.29, 1.82) is 0 Å². The molecule has 0 spiro atoms. The monoisotopic (exact) mass is 268 g/mol. The Balaban J connectivity index is 2.33. The van der Waals surface area contributed by atoms with Crippen LogP contribution in [0.3, 0.4) is 0 Å². The maximum Gasteiger partial charge on any atom is 0.174 e. The van der Waals surface area contributed by atoms with E-state index in [0.717, 1.165) is 0 Å². The lowest BCUT2D eigenvalue weighted by Crippen LogP contribution is -2.12. The highest BCUT2D eigenvalue weighted by molar-refractivity contribution is 5.97. The molecule has 1 heterocycles. The molecule has 0 aliphatic rings. The average molecular weight is 268 g/mol. The molecule has 0 aliphatic heterocycles. The standard InChI is InChI=1S/C13H11F3N2O/c1-7-3-9(18(2)17-7)6-12(19)13-10(15)4-8(14)5-11(13)16/h3-5H,6H2,1-2H3. The molecule has 0 saturated heterocycles. The Morgan fingerprint density at radius 1 is 1.21 bits per heavy atom. The van der Waals surface area contributed by atoms with Gasteiger partial charge in [-0.25, -0.2) is 13.2 Å². The van der Waals surface area contributed by atoms with Crippen molar-refractivity contribution < 1.29 is 18.0 Å². The van der Waals surface area contributed by atoms with Crippen molar-refractivity contribution >= 4 is 5.78 Å². The lowest BCUT2D eigenvalue weighted by molar-refractivity contribution is 0.0982. The number of carbonyl (C=O) groups excluding carboxylic acids is 1. The van der Waals surface area contributed by atoms with E-state index in [-0.39, 0.29) is 6.42 Å². The van der Waals surface area contributed by atoms with Crippen LogP contribution in [0.4, 0.5) is 13.2 Å². The van der Waals surface area contributed by atoms with E-state index in [9.17, 15) is 18.0 Å². The highest BCUT2D eigenvalue weighted by Crippen LogP contribution is 2.17. The van der Waals surface area contributed by atoms with Crippen LogP contribution in [0.5, 0.6) is 0 Å². The lowest BCUT2D eigenvalue weighted by atomic mass is 10.0. The molecular formula is C13H11F3N2O. The van der Waals surface area contributed by atoms with Gasteiger partial charge in [0.05, 0.1) is 17.7 Å². The normalized spacial score (nSPS) is 10.8. The van der Waals surface area contributed by atoms with Gasteiger partial charge in [-0.2, -0.15) is 5.10 Å². The number of carbonyl (C=O) groups is 1. The Kier molecular flexibility index (Phi) is 3.42. The molecule has 0 atom stereocenters. The minimum absolute atomic E-state index is 0.198. The summed E-state index contributed by atoms with van der Waals surface area (Å²) in [5, 5.41) is 4.03. The quantitative estimate of drug-likeness (QED) is 0.802. The number of Topliss-reactive ketones (excluding diaryl/α,β-unsaturated/α-hetero) is 1. The number of rotatable bonds is 3. The summed E-state index contributed by atoms with van der Waals surface area (Å²) in [7, 11) is 1.63. The van der Waals surface area contributed by atoms with Gasteiger partial charge in [0.25, 0.3) is 0 Å². The van der Waals surface area contributed by atoms with Gasteiger partial charge in [-0.05, 0) is 13.0 Å². The van der Waals surface area contributed by atoms with E-state index in [0.29, 0.717) is 23.5 Å². The predicted molar refractivity (Wildman–Crippen MR) is 62.3 cm³/mol. The second kappa shape index (κ2) is 4.87. The summed E-state index contributed by atoms with van der Waals surface area (Å²) in [5.74, 6) is -4.19. The zero-order valence-electron chi connectivity index (χ0n) is 10.4. The third-order valence-corrected chi connectivity index (χ3v) is 2.73. The van der Waals surface area contributed by atoms with E-state index >= 15 is 0 Å². The molecule has 6 heteroatoms. The van der Waals surface area contributed by atoms with Crippen molar-refractivity contribution in [3.05, 3.63) is 52.6 Å². The van der Waals surface area contributed by atoms with Gasteiger partial charge >= 0.3 is 0 Å². The highest BCUT2D eigenvalue weighted by atomic mass is 19.1. The number of benzene rings is 1. The third-order valence-electron chi connectivity index (χ3n) is 2.73. The molecule has 0 N–H and O–H groups in total. The van der Waals surface area contributed by atoms with Gasteiger partial charge in [0.15, 0.2) is 5.78 Å². The van der Waals surface area contributed by atoms with Crippen LogP contribution in [0.1, 0.15) is 21.7 Å². The van der Waals surface area contributed by atoms with Crippen molar-refractivity contribution in [2.75, 3.05) is 0 Å². The van der Waals surface area contributed by atoms with Gasteiger partial charge in [0, 0.05) is 24.9 Å². The van der Waals surface area contributed by atoms with E-state index in [2.05, 4.69) is 5.10 Å². The van der Waals surface area contributed by atoms with Crippen LogP contribution in [-0.2, 0) is 13.5 Å². The maximum absolute atomic E-state index is 13.4. The molecule has 0 saturated carbocycles. The van der Waals surface area contributed by atoms with E-state index < -0.39 is 28.8 Å². The number of aromatic nitrogens is 2. The molecule has 0 bridgehead atoms. The molecular weight excluding hydrogens is 257 g/mol. The SMILES string of the molecule is Cc1cc(CC(=O)c2c(F)cc(F)cc2F)n(C)n1. The van der Waals surface area contributed by atoms with E-state index in [4.69, 9.17) is 0 Å². The zero-order chi connectivity index (χ0) is 14.2. The molecule has 2 aromatic rings. The Morgan fingerprint density at radius 3 is 2.26 bits per heavy atom. The summed E-state index contributed by atoms with van der Waals surface area (Å²) in [6, 6.07) is 2.63. The van der Waals surface area contributed by atoms with Gasteiger partial charge < -0.3 is 0 Å².